The Balaban J connectivity index is 1.27. The van der Waals surface area contributed by atoms with E-state index in [9.17, 15) is 14.4 Å². The van der Waals surface area contributed by atoms with E-state index in [1.165, 1.54) is 11.1 Å². The third-order valence-corrected chi connectivity index (χ3v) is 6.39. The largest absolute Gasteiger partial charge is 0.481 e. The normalized spacial score (nSPS) is 19.4. The van der Waals surface area contributed by atoms with Crippen LogP contribution in [0.2, 0.25) is 0 Å². The van der Waals surface area contributed by atoms with E-state index in [0.717, 1.165) is 11.1 Å². The zero-order chi connectivity index (χ0) is 22.7. The molecule has 0 unspecified atom stereocenters. The molecule has 2 amide bonds. The maximum absolute atomic E-state index is 12.4. The molecule has 0 radical (unpaired) electrons. The molecular weight excluding hydrogens is 408 g/mol. The first-order valence-corrected chi connectivity index (χ1v) is 11.1. The summed E-state index contributed by atoms with van der Waals surface area (Å²) in [6.07, 6.45) is 0.772. The minimum atomic E-state index is -0.812. The predicted octanol–water partition coefficient (Wildman–Crippen LogP) is 3.53. The van der Waals surface area contributed by atoms with Gasteiger partial charge in [-0.3, -0.25) is 9.59 Å². The van der Waals surface area contributed by atoms with Crippen LogP contribution in [0.1, 0.15) is 43.2 Å². The van der Waals surface area contributed by atoms with Crippen LogP contribution in [-0.2, 0) is 14.3 Å². The number of amides is 2. The van der Waals surface area contributed by atoms with Crippen molar-refractivity contribution in [3.8, 4) is 11.1 Å². The van der Waals surface area contributed by atoms with Gasteiger partial charge in [0.25, 0.3) is 0 Å². The Kier molecular flexibility index (Phi) is 6.44. The molecule has 2 aromatic carbocycles. The standard InChI is InChI=1S/C25H28N2O5/c1-2-16(12-23(28)26-13-15-11-21(15)24(29)30)27-25(31)32-14-22-19-9-5-3-7-17(19)18-8-4-6-10-20(18)22/h3-10,15-16,21-22H,2,11-14H2,1H3,(H,26,28)(H,27,31)(H,29,30)/t15-,16-,21-/m1/s1. The second-order valence-corrected chi connectivity index (χ2v) is 8.52. The number of fused-ring (bicyclic) bond motifs is 3. The van der Waals surface area contributed by atoms with Crippen LogP contribution in [0.25, 0.3) is 11.1 Å². The number of rotatable bonds is 9. The van der Waals surface area contributed by atoms with Crippen molar-refractivity contribution in [2.75, 3.05) is 13.2 Å². The number of benzene rings is 2. The monoisotopic (exact) mass is 436 g/mol. The van der Waals surface area contributed by atoms with Gasteiger partial charge in [-0.25, -0.2) is 4.79 Å². The van der Waals surface area contributed by atoms with E-state index in [-0.39, 0.29) is 42.7 Å². The second kappa shape index (κ2) is 9.42. The number of carboxylic acid groups (broad SMARTS) is 1. The number of hydrogen-bond acceptors (Lipinski definition) is 4. The van der Waals surface area contributed by atoms with Gasteiger partial charge in [-0.1, -0.05) is 55.5 Å². The second-order valence-electron chi connectivity index (χ2n) is 8.52. The highest BCUT2D eigenvalue weighted by Crippen LogP contribution is 2.44. The highest BCUT2D eigenvalue weighted by Gasteiger charge is 2.43. The summed E-state index contributed by atoms with van der Waals surface area (Å²) in [7, 11) is 0. The molecule has 32 heavy (non-hydrogen) atoms. The van der Waals surface area contributed by atoms with Crippen LogP contribution in [0.4, 0.5) is 4.79 Å². The molecule has 7 nitrogen and oxygen atoms in total. The minimum absolute atomic E-state index is 0.00613. The quantitative estimate of drug-likeness (QED) is 0.558. The van der Waals surface area contributed by atoms with Gasteiger partial charge in [-0.15, -0.1) is 0 Å². The van der Waals surface area contributed by atoms with Crippen LogP contribution in [0.5, 0.6) is 0 Å². The topological polar surface area (TPSA) is 105 Å². The Bertz CT molecular complexity index is 975. The summed E-state index contributed by atoms with van der Waals surface area (Å²) in [4.78, 5) is 35.5. The molecule has 0 spiro atoms. The molecule has 168 valence electrons. The third kappa shape index (κ3) is 4.77. The van der Waals surface area contributed by atoms with E-state index in [1.54, 1.807) is 0 Å². The van der Waals surface area contributed by atoms with Crippen LogP contribution in [0.3, 0.4) is 0 Å². The Morgan fingerprint density at radius 1 is 1.06 bits per heavy atom. The molecular formula is C25H28N2O5. The zero-order valence-corrected chi connectivity index (χ0v) is 18.0. The van der Waals surface area contributed by atoms with Crippen LogP contribution in [0.15, 0.2) is 48.5 Å². The van der Waals surface area contributed by atoms with Gasteiger partial charge in [0.05, 0.1) is 5.92 Å². The Labute approximate surface area is 187 Å². The fraction of sp³-hybridized carbons (Fsp3) is 0.400. The molecule has 2 aliphatic rings. The number of nitrogens with one attached hydrogen (secondary N) is 2. The Morgan fingerprint density at radius 2 is 1.69 bits per heavy atom. The van der Waals surface area contributed by atoms with Gasteiger partial charge in [-0.2, -0.15) is 0 Å². The van der Waals surface area contributed by atoms with Crippen molar-refractivity contribution in [2.45, 2.75) is 38.1 Å². The fourth-order valence-corrected chi connectivity index (χ4v) is 4.42. The number of carboxylic acids is 1. The van der Waals surface area contributed by atoms with Gasteiger partial charge in [0.15, 0.2) is 0 Å². The first-order chi connectivity index (χ1) is 15.5. The number of carbonyl (C=O) groups excluding carboxylic acids is 2. The molecule has 3 N–H and O–H groups in total. The van der Waals surface area contributed by atoms with Crippen LogP contribution >= 0.6 is 0 Å². The number of carbonyl (C=O) groups is 3. The summed E-state index contributed by atoms with van der Waals surface area (Å²) in [6, 6.07) is 15.9. The summed E-state index contributed by atoms with van der Waals surface area (Å²) in [5.41, 5.74) is 4.63. The van der Waals surface area contributed by atoms with Crippen molar-refractivity contribution in [3.05, 3.63) is 59.7 Å². The summed E-state index contributed by atoms with van der Waals surface area (Å²) < 4.78 is 5.56. The van der Waals surface area contributed by atoms with Crippen molar-refractivity contribution >= 4 is 18.0 Å². The molecule has 7 heteroatoms. The number of ether oxygens (including phenoxy) is 1. The highest BCUT2D eigenvalue weighted by molar-refractivity contribution is 5.80. The zero-order valence-electron chi connectivity index (χ0n) is 18.0. The lowest BCUT2D eigenvalue weighted by atomic mass is 9.98. The Morgan fingerprint density at radius 3 is 2.25 bits per heavy atom. The third-order valence-electron chi connectivity index (χ3n) is 6.39. The number of hydrogen-bond donors (Lipinski definition) is 3. The van der Waals surface area contributed by atoms with Gasteiger partial charge in [0.2, 0.25) is 5.91 Å². The smallest absolute Gasteiger partial charge is 0.407 e. The number of alkyl carbamates (subject to hydrolysis) is 1. The van der Waals surface area contributed by atoms with E-state index >= 15 is 0 Å². The maximum atomic E-state index is 12.4. The molecule has 0 aliphatic heterocycles. The molecule has 0 aromatic heterocycles. The van der Waals surface area contributed by atoms with Gasteiger partial charge < -0.3 is 20.5 Å². The van der Waals surface area contributed by atoms with Crippen molar-refractivity contribution in [2.24, 2.45) is 11.8 Å². The molecule has 1 saturated carbocycles. The van der Waals surface area contributed by atoms with E-state index in [4.69, 9.17) is 9.84 Å². The lowest BCUT2D eigenvalue weighted by Gasteiger charge is -2.19. The summed E-state index contributed by atoms with van der Waals surface area (Å²) in [5, 5.41) is 14.5. The van der Waals surface area contributed by atoms with Crippen LogP contribution < -0.4 is 10.6 Å². The van der Waals surface area contributed by atoms with Gasteiger partial charge in [-0.05, 0) is 41.0 Å². The summed E-state index contributed by atoms with van der Waals surface area (Å²) in [6.45, 7) is 2.47. The Hall–Kier alpha value is -3.35. The number of aliphatic carboxylic acids is 1. The van der Waals surface area contributed by atoms with Crippen molar-refractivity contribution < 1.29 is 24.2 Å². The predicted molar refractivity (Wildman–Crippen MR) is 119 cm³/mol. The molecule has 1 fully saturated rings. The van der Waals surface area contributed by atoms with Gasteiger partial charge >= 0.3 is 12.1 Å². The van der Waals surface area contributed by atoms with E-state index in [2.05, 4.69) is 34.9 Å². The summed E-state index contributed by atoms with van der Waals surface area (Å²) >= 11 is 0. The highest BCUT2D eigenvalue weighted by atomic mass is 16.5. The molecule has 0 heterocycles. The lowest BCUT2D eigenvalue weighted by molar-refractivity contribution is -0.139. The molecule has 2 aromatic rings. The first kappa shape index (κ1) is 21.9. The van der Waals surface area contributed by atoms with Crippen LogP contribution in [-0.4, -0.2) is 42.3 Å². The average Bonchev–Trinajstić information content (AvgIpc) is 3.51. The van der Waals surface area contributed by atoms with Gasteiger partial charge in [0.1, 0.15) is 6.61 Å². The molecule has 3 atom stereocenters. The van der Waals surface area contributed by atoms with Crippen molar-refractivity contribution in [3.63, 3.8) is 0 Å². The molecule has 4 rings (SSSR count). The van der Waals surface area contributed by atoms with Crippen LogP contribution in [0, 0.1) is 11.8 Å². The fourth-order valence-electron chi connectivity index (χ4n) is 4.42. The maximum Gasteiger partial charge on any atom is 0.407 e. The van der Waals surface area contributed by atoms with Crippen molar-refractivity contribution in [1.82, 2.24) is 10.6 Å². The van der Waals surface area contributed by atoms with E-state index < -0.39 is 12.1 Å². The molecule has 0 bridgehead atoms. The first-order valence-electron chi connectivity index (χ1n) is 11.1. The lowest BCUT2D eigenvalue weighted by Crippen LogP contribution is -2.40. The molecule has 0 saturated heterocycles. The SMILES string of the molecule is CC[C@H](CC(=O)NC[C@H]1C[C@H]1C(=O)O)NC(=O)OCC1c2ccccc2-c2ccccc21. The minimum Gasteiger partial charge on any atom is -0.481 e. The van der Waals surface area contributed by atoms with Crippen molar-refractivity contribution in [1.29, 1.82) is 0 Å². The van der Waals surface area contributed by atoms with E-state index in [0.29, 0.717) is 19.4 Å². The molecule has 2 aliphatic carbocycles. The average molecular weight is 437 g/mol. The van der Waals surface area contributed by atoms with E-state index in [1.807, 2.05) is 31.2 Å². The van der Waals surface area contributed by atoms with Gasteiger partial charge in [0, 0.05) is 24.9 Å². The summed E-state index contributed by atoms with van der Waals surface area (Å²) in [5.74, 6) is -1.38.